The molecule has 0 heterocycles. The quantitative estimate of drug-likeness (QED) is 0.358. The molecule has 0 spiro atoms. The molecule has 26 heavy (non-hydrogen) atoms. The first-order valence-corrected chi connectivity index (χ1v) is 9.04. The predicted octanol–water partition coefficient (Wildman–Crippen LogP) is 2.75. The molecule has 144 valence electrons. The van der Waals surface area contributed by atoms with Crippen LogP contribution in [0, 0.1) is 0 Å². The zero-order valence-electron chi connectivity index (χ0n) is 15.5. The van der Waals surface area contributed by atoms with Crippen LogP contribution in [-0.2, 0) is 14.3 Å². The molecule has 7 nitrogen and oxygen atoms in total. The Labute approximate surface area is 154 Å². The fourth-order valence-corrected chi connectivity index (χ4v) is 2.18. The standard InChI is InChI=1S/C19H28N2O5/c1-3-5-6-7-8-9-17(22)20-21-18(23)14-26-16-12-10-15(11-13-16)19(24)25-4-2/h10-13H,3-9,14H2,1-2H3,(H,20,22)(H,21,23). The van der Waals surface area contributed by atoms with Crippen LogP contribution in [0.3, 0.4) is 0 Å². The van der Waals surface area contributed by atoms with Gasteiger partial charge in [-0.25, -0.2) is 4.79 Å². The van der Waals surface area contributed by atoms with E-state index in [0.717, 1.165) is 25.7 Å². The third-order valence-corrected chi connectivity index (χ3v) is 3.58. The summed E-state index contributed by atoms with van der Waals surface area (Å²) < 4.78 is 10.2. The SMILES string of the molecule is CCCCCCCC(=O)NNC(=O)COc1ccc(C(=O)OCC)cc1. The van der Waals surface area contributed by atoms with Crippen molar-refractivity contribution in [2.45, 2.75) is 52.4 Å². The number of amides is 2. The number of hydrazine groups is 1. The van der Waals surface area contributed by atoms with Crippen molar-refractivity contribution in [3.05, 3.63) is 29.8 Å². The lowest BCUT2D eigenvalue weighted by atomic mass is 10.1. The average molecular weight is 364 g/mol. The van der Waals surface area contributed by atoms with Crippen molar-refractivity contribution in [2.24, 2.45) is 0 Å². The Morgan fingerprint density at radius 1 is 0.885 bits per heavy atom. The Bertz CT molecular complexity index is 572. The molecular weight excluding hydrogens is 336 g/mol. The molecule has 0 aliphatic rings. The maximum Gasteiger partial charge on any atom is 0.338 e. The first-order chi connectivity index (χ1) is 12.6. The van der Waals surface area contributed by atoms with Gasteiger partial charge in [-0.15, -0.1) is 0 Å². The Kier molecular flexibility index (Phi) is 10.5. The van der Waals surface area contributed by atoms with Gasteiger partial charge in [0, 0.05) is 6.42 Å². The van der Waals surface area contributed by atoms with Crippen LogP contribution in [0.25, 0.3) is 0 Å². The number of benzene rings is 1. The second kappa shape index (κ2) is 12.7. The molecule has 0 aliphatic heterocycles. The van der Waals surface area contributed by atoms with Crippen LogP contribution in [0.1, 0.15) is 62.7 Å². The Hall–Kier alpha value is -2.57. The van der Waals surface area contributed by atoms with Gasteiger partial charge in [0.15, 0.2) is 6.61 Å². The van der Waals surface area contributed by atoms with Crippen molar-refractivity contribution in [1.82, 2.24) is 10.9 Å². The van der Waals surface area contributed by atoms with Crippen LogP contribution < -0.4 is 15.6 Å². The van der Waals surface area contributed by atoms with Crippen LogP contribution in [0.5, 0.6) is 5.75 Å². The van der Waals surface area contributed by atoms with E-state index < -0.39 is 11.9 Å². The Morgan fingerprint density at radius 2 is 1.54 bits per heavy atom. The lowest BCUT2D eigenvalue weighted by molar-refractivity contribution is -0.130. The molecule has 0 aromatic heterocycles. The lowest BCUT2D eigenvalue weighted by Gasteiger charge is -2.09. The zero-order valence-corrected chi connectivity index (χ0v) is 15.5. The predicted molar refractivity (Wildman–Crippen MR) is 97.6 cm³/mol. The number of esters is 1. The number of carbonyl (C=O) groups is 3. The molecular formula is C19H28N2O5. The average Bonchev–Trinajstić information content (AvgIpc) is 2.65. The van der Waals surface area contributed by atoms with Crippen molar-refractivity contribution in [3.63, 3.8) is 0 Å². The summed E-state index contributed by atoms with van der Waals surface area (Å²) >= 11 is 0. The van der Waals surface area contributed by atoms with Gasteiger partial charge in [0.1, 0.15) is 5.75 Å². The van der Waals surface area contributed by atoms with E-state index in [1.54, 1.807) is 31.2 Å². The normalized spacial score (nSPS) is 10.1. The molecule has 0 saturated carbocycles. The van der Waals surface area contributed by atoms with E-state index in [1.807, 2.05) is 0 Å². The topological polar surface area (TPSA) is 93.7 Å². The van der Waals surface area contributed by atoms with Crippen LogP contribution in [-0.4, -0.2) is 31.0 Å². The van der Waals surface area contributed by atoms with E-state index in [0.29, 0.717) is 24.3 Å². The molecule has 0 radical (unpaired) electrons. The summed E-state index contributed by atoms with van der Waals surface area (Å²) in [5, 5.41) is 0. The van der Waals surface area contributed by atoms with E-state index in [-0.39, 0.29) is 12.5 Å². The van der Waals surface area contributed by atoms with Crippen molar-refractivity contribution >= 4 is 17.8 Å². The van der Waals surface area contributed by atoms with Crippen LogP contribution in [0.4, 0.5) is 0 Å². The molecule has 1 aromatic carbocycles. The Balaban J connectivity index is 2.21. The summed E-state index contributed by atoms with van der Waals surface area (Å²) in [6.07, 6.45) is 5.68. The van der Waals surface area contributed by atoms with Gasteiger partial charge in [0.25, 0.3) is 5.91 Å². The highest BCUT2D eigenvalue weighted by atomic mass is 16.5. The van der Waals surface area contributed by atoms with Gasteiger partial charge in [-0.05, 0) is 37.6 Å². The molecule has 0 bridgehead atoms. The minimum absolute atomic E-state index is 0.214. The molecule has 0 unspecified atom stereocenters. The van der Waals surface area contributed by atoms with Crippen LogP contribution in [0.2, 0.25) is 0 Å². The van der Waals surface area contributed by atoms with Crippen molar-refractivity contribution < 1.29 is 23.9 Å². The number of unbranched alkanes of at least 4 members (excludes halogenated alkanes) is 4. The Morgan fingerprint density at radius 3 is 2.19 bits per heavy atom. The third kappa shape index (κ3) is 9.05. The van der Waals surface area contributed by atoms with E-state index in [4.69, 9.17) is 9.47 Å². The van der Waals surface area contributed by atoms with Gasteiger partial charge >= 0.3 is 5.97 Å². The highest BCUT2D eigenvalue weighted by Gasteiger charge is 2.08. The van der Waals surface area contributed by atoms with Crippen molar-refractivity contribution in [2.75, 3.05) is 13.2 Å². The van der Waals surface area contributed by atoms with Gasteiger partial charge in [-0.2, -0.15) is 0 Å². The fraction of sp³-hybridized carbons (Fsp3) is 0.526. The van der Waals surface area contributed by atoms with E-state index in [9.17, 15) is 14.4 Å². The van der Waals surface area contributed by atoms with Gasteiger partial charge < -0.3 is 9.47 Å². The molecule has 7 heteroatoms. The van der Waals surface area contributed by atoms with Gasteiger partial charge in [-0.1, -0.05) is 32.6 Å². The minimum atomic E-state index is -0.459. The lowest BCUT2D eigenvalue weighted by Crippen LogP contribution is -2.43. The van der Waals surface area contributed by atoms with Crippen LogP contribution >= 0.6 is 0 Å². The largest absolute Gasteiger partial charge is 0.484 e. The first-order valence-electron chi connectivity index (χ1n) is 9.04. The number of hydrogen-bond acceptors (Lipinski definition) is 5. The van der Waals surface area contributed by atoms with Gasteiger partial charge in [-0.3, -0.25) is 20.4 Å². The molecule has 1 rings (SSSR count). The maximum absolute atomic E-state index is 11.7. The second-order valence-corrected chi connectivity index (χ2v) is 5.79. The monoisotopic (exact) mass is 364 g/mol. The molecule has 0 fully saturated rings. The molecule has 0 saturated heterocycles. The second-order valence-electron chi connectivity index (χ2n) is 5.79. The molecule has 2 amide bonds. The number of ether oxygens (including phenoxy) is 2. The number of rotatable bonds is 11. The molecule has 2 N–H and O–H groups in total. The summed E-state index contributed by atoms with van der Waals surface area (Å²) in [6, 6.07) is 6.28. The maximum atomic E-state index is 11.7. The molecule has 1 aromatic rings. The first kappa shape index (κ1) is 21.5. The number of nitrogens with one attached hydrogen (secondary N) is 2. The summed E-state index contributed by atoms with van der Waals surface area (Å²) in [7, 11) is 0. The van der Waals surface area contributed by atoms with Crippen molar-refractivity contribution in [1.29, 1.82) is 0 Å². The van der Waals surface area contributed by atoms with E-state index in [1.165, 1.54) is 6.42 Å². The highest BCUT2D eigenvalue weighted by molar-refractivity contribution is 5.89. The van der Waals surface area contributed by atoms with Crippen LogP contribution in [0.15, 0.2) is 24.3 Å². The summed E-state index contributed by atoms with van der Waals surface area (Å²) in [5.41, 5.74) is 5.09. The number of carbonyl (C=O) groups excluding carboxylic acids is 3. The number of hydrogen-bond donors (Lipinski definition) is 2. The smallest absolute Gasteiger partial charge is 0.338 e. The van der Waals surface area contributed by atoms with Gasteiger partial charge in [0.05, 0.1) is 12.2 Å². The van der Waals surface area contributed by atoms with E-state index in [2.05, 4.69) is 17.8 Å². The zero-order chi connectivity index (χ0) is 19.2. The molecule has 0 atom stereocenters. The summed E-state index contributed by atoms with van der Waals surface area (Å²) in [5.74, 6) is -0.642. The third-order valence-electron chi connectivity index (χ3n) is 3.58. The van der Waals surface area contributed by atoms with Gasteiger partial charge in [0.2, 0.25) is 5.91 Å². The van der Waals surface area contributed by atoms with Crippen molar-refractivity contribution in [3.8, 4) is 5.75 Å². The summed E-state index contributed by atoms with van der Waals surface area (Å²) in [4.78, 5) is 34.8. The highest BCUT2D eigenvalue weighted by Crippen LogP contribution is 2.12. The minimum Gasteiger partial charge on any atom is -0.484 e. The fourth-order valence-electron chi connectivity index (χ4n) is 2.18. The van der Waals surface area contributed by atoms with E-state index >= 15 is 0 Å². The summed E-state index contributed by atoms with van der Waals surface area (Å²) in [6.45, 7) is 3.94. The molecule has 0 aliphatic carbocycles.